The van der Waals surface area contributed by atoms with Crippen molar-refractivity contribution in [3.05, 3.63) is 42.3 Å². The van der Waals surface area contributed by atoms with Gasteiger partial charge in [-0.25, -0.2) is 13.4 Å². The Bertz CT molecular complexity index is 975. The van der Waals surface area contributed by atoms with Crippen LogP contribution in [0, 0.1) is 0 Å². The molecule has 1 aliphatic rings. The maximum Gasteiger partial charge on any atom is 0.511 e. The molecule has 0 saturated carbocycles. The Morgan fingerprint density at radius 3 is 2.48 bits per heavy atom. The molecule has 1 aliphatic heterocycles. The van der Waals surface area contributed by atoms with Gasteiger partial charge in [-0.15, -0.1) is 24.0 Å². The van der Waals surface area contributed by atoms with Crippen LogP contribution in [0.4, 0.5) is 13.2 Å². The molecule has 2 N–H and O–H groups in total. The number of rotatable bonds is 5. The summed E-state index contributed by atoms with van der Waals surface area (Å²) in [7, 11) is -3.72. The molecule has 1 saturated heterocycles. The highest BCUT2D eigenvalue weighted by atomic mass is 127. The average molecular weight is 573 g/mol. The minimum Gasteiger partial charge on any atom is -0.444 e. The Balaban J connectivity index is 0.00000341. The Morgan fingerprint density at radius 1 is 1.26 bits per heavy atom. The predicted octanol–water partition coefficient (Wildman–Crippen LogP) is 2.94. The molecule has 172 valence electrons. The number of guanidine groups is 1. The van der Waals surface area contributed by atoms with Gasteiger partial charge in [-0.3, -0.25) is 4.99 Å². The van der Waals surface area contributed by atoms with E-state index in [0.29, 0.717) is 28.4 Å². The van der Waals surface area contributed by atoms with E-state index >= 15 is 0 Å². The number of benzene rings is 1. The summed E-state index contributed by atoms with van der Waals surface area (Å²) in [6.07, 6.45) is 2.00. The van der Waals surface area contributed by atoms with Gasteiger partial charge in [-0.1, -0.05) is 18.2 Å². The molecule has 0 amide bonds. The summed E-state index contributed by atoms with van der Waals surface area (Å²) in [4.78, 5) is 8.50. The van der Waals surface area contributed by atoms with Crippen LogP contribution in [0.5, 0.6) is 0 Å². The Hall–Kier alpha value is -1.87. The van der Waals surface area contributed by atoms with Crippen LogP contribution < -0.4 is 10.6 Å². The fourth-order valence-corrected chi connectivity index (χ4v) is 4.03. The van der Waals surface area contributed by atoms with Crippen LogP contribution in [0.15, 0.2) is 46.0 Å². The van der Waals surface area contributed by atoms with Crippen molar-refractivity contribution in [1.82, 2.24) is 19.9 Å². The van der Waals surface area contributed by atoms with Crippen molar-refractivity contribution in [2.75, 3.05) is 20.1 Å². The van der Waals surface area contributed by atoms with Gasteiger partial charge in [0.1, 0.15) is 6.26 Å². The van der Waals surface area contributed by atoms with E-state index in [1.165, 1.54) is 6.26 Å². The summed E-state index contributed by atoms with van der Waals surface area (Å²) in [5.41, 5.74) is -3.77. The lowest BCUT2D eigenvalue weighted by atomic mass is 10.1. The molecule has 31 heavy (non-hydrogen) atoms. The van der Waals surface area contributed by atoms with E-state index in [1.807, 2.05) is 30.3 Å². The Kier molecular flexibility index (Phi) is 8.71. The number of sulfonamides is 1. The summed E-state index contributed by atoms with van der Waals surface area (Å²) in [6, 6.07) is 9.23. The number of alkyl halides is 3. The van der Waals surface area contributed by atoms with Crippen LogP contribution in [-0.4, -0.2) is 55.4 Å². The molecule has 1 fully saturated rings. The number of nitrogens with zero attached hydrogens (tertiary/aromatic N) is 3. The van der Waals surface area contributed by atoms with Crippen molar-refractivity contribution in [2.24, 2.45) is 4.99 Å². The lowest BCUT2D eigenvalue weighted by Gasteiger charge is -2.32. The van der Waals surface area contributed by atoms with Gasteiger partial charge in [0.25, 0.3) is 0 Å². The number of halogens is 4. The molecular formula is C18H23F3IN5O3S. The van der Waals surface area contributed by atoms with Gasteiger partial charge in [0, 0.05) is 31.7 Å². The minimum atomic E-state index is -5.28. The first-order valence-electron chi connectivity index (χ1n) is 9.24. The number of oxazole rings is 1. The fraction of sp³-hybridized carbons (Fsp3) is 0.444. The first-order chi connectivity index (χ1) is 14.2. The zero-order valence-electron chi connectivity index (χ0n) is 16.6. The molecule has 0 spiro atoms. The zero-order valence-corrected chi connectivity index (χ0v) is 19.7. The van der Waals surface area contributed by atoms with E-state index in [-0.39, 0.29) is 55.9 Å². The molecule has 0 aliphatic carbocycles. The summed E-state index contributed by atoms with van der Waals surface area (Å²) < 4.78 is 66.9. The minimum absolute atomic E-state index is 0. The largest absolute Gasteiger partial charge is 0.511 e. The van der Waals surface area contributed by atoms with Gasteiger partial charge in [0.2, 0.25) is 5.89 Å². The fourth-order valence-electron chi connectivity index (χ4n) is 3.05. The van der Waals surface area contributed by atoms with Gasteiger partial charge in [-0.2, -0.15) is 17.5 Å². The molecule has 0 bridgehead atoms. The van der Waals surface area contributed by atoms with Crippen LogP contribution in [-0.2, 0) is 16.6 Å². The normalized spacial score (nSPS) is 16.6. The molecule has 13 heteroatoms. The number of hydrogen-bond donors (Lipinski definition) is 2. The third-order valence-electron chi connectivity index (χ3n) is 4.66. The zero-order chi connectivity index (χ0) is 21.8. The van der Waals surface area contributed by atoms with Crippen molar-refractivity contribution >= 4 is 40.0 Å². The number of piperidine rings is 1. The summed E-state index contributed by atoms with van der Waals surface area (Å²) >= 11 is 0. The SMILES string of the molecule is CN=C(NCc1coc(-c2ccccc2)n1)NC1CCN(S(=O)(=O)C(F)(F)F)CC1.I. The van der Waals surface area contributed by atoms with E-state index in [4.69, 9.17) is 4.42 Å². The first kappa shape index (κ1) is 25.4. The molecule has 2 aromatic rings. The molecule has 8 nitrogen and oxygen atoms in total. The second-order valence-electron chi connectivity index (χ2n) is 6.70. The average Bonchev–Trinajstić information content (AvgIpc) is 3.20. The van der Waals surface area contributed by atoms with Crippen molar-refractivity contribution in [3.63, 3.8) is 0 Å². The predicted molar refractivity (Wildman–Crippen MR) is 120 cm³/mol. The maximum atomic E-state index is 12.7. The maximum absolute atomic E-state index is 12.7. The molecule has 1 aromatic heterocycles. The third-order valence-corrected chi connectivity index (χ3v) is 6.29. The Morgan fingerprint density at radius 2 is 1.90 bits per heavy atom. The molecule has 0 atom stereocenters. The lowest BCUT2D eigenvalue weighted by Crippen LogP contribution is -2.51. The monoisotopic (exact) mass is 573 g/mol. The van der Waals surface area contributed by atoms with Crippen LogP contribution in [0.25, 0.3) is 11.5 Å². The number of hydrogen-bond acceptors (Lipinski definition) is 5. The number of aliphatic imine (C=N–C) groups is 1. The molecule has 2 heterocycles. The van der Waals surface area contributed by atoms with Gasteiger partial charge in [0.05, 0.1) is 12.2 Å². The summed E-state index contributed by atoms with van der Waals surface area (Å²) in [5.74, 6) is 0.935. The van der Waals surface area contributed by atoms with E-state index < -0.39 is 15.5 Å². The van der Waals surface area contributed by atoms with Gasteiger partial charge < -0.3 is 15.1 Å². The molecule has 1 aromatic carbocycles. The first-order valence-corrected chi connectivity index (χ1v) is 10.7. The van der Waals surface area contributed by atoms with E-state index in [1.54, 1.807) is 7.05 Å². The summed E-state index contributed by atoms with van der Waals surface area (Å²) in [5, 5.41) is 6.17. The molecule has 0 unspecified atom stereocenters. The topological polar surface area (TPSA) is 99.8 Å². The van der Waals surface area contributed by atoms with E-state index in [0.717, 1.165) is 5.56 Å². The van der Waals surface area contributed by atoms with Gasteiger partial charge in [0.15, 0.2) is 5.96 Å². The smallest absolute Gasteiger partial charge is 0.444 e. The van der Waals surface area contributed by atoms with Crippen LogP contribution in [0.2, 0.25) is 0 Å². The molecule has 0 radical (unpaired) electrons. The van der Waals surface area contributed by atoms with Crippen molar-refractivity contribution in [2.45, 2.75) is 30.9 Å². The van der Waals surface area contributed by atoms with Crippen molar-refractivity contribution in [3.8, 4) is 11.5 Å². The van der Waals surface area contributed by atoms with Crippen molar-refractivity contribution < 1.29 is 26.0 Å². The second-order valence-corrected chi connectivity index (χ2v) is 8.63. The molecular weight excluding hydrogens is 550 g/mol. The summed E-state index contributed by atoms with van der Waals surface area (Å²) in [6.45, 7) is -0.0856. The van der Waals surface area contributed by atoms with E-state index in [2.05, 4.69) is 20.6 Å². The number of nitrogens with one attached hydrogen (secondary N) is 2. The number of aromatic nitrogens is 1. The Labute approximate surface area is 195 Å². The van der Waals surface area contributed by atoms with E-state index in [9.17, 15) is 21.6 Å². The van der Waals surface area contributed by atoms with Gasteiger partial charge in [-0.05, 0) is 25.0 Å². The van der Waals surface area contributed by atoms with Gasteiger partial charge >= 0.3 is 15.5 Å². The lowest BCUT2D eigenvalue weighted by molar-refractivity contribution is -0.0494. The highest BCUT2D eigenvalue weighted by molar-refractivity contribution is 14.0. The van der Waals surface area contributed by atoms with Crippen LogP contribution in [0.3, 0.4) is 0 Å². The van der Waals surface area contributed by atoms with Crippen LogP contribution in [0.1, 0.15) is 18.5 Å². The third kappa shape index (κ3) is 6.32. The van der Waals surface area contributed by atoms with Crippen molar-refractivity contribution in [1.29, 1.82) is 0 Å². The highest BCUT2D eigenvalue weighted by Gasteiger charge is 2.50. The van der Waals surface area contributed by atoms with Crippen LogP contribution >= 0.6 is 24.0 Å². The quantitative estimate of drug-likeness (QED) is 0.325. The highest BCUT2D eigenvalue weighted by Crippen LogP contribution is 2.29. The standard InChI is InChI=1S/C18H22F3N5O3S.HI/c1-22-17(23-11-15-12-29-16(24-15)13-5-3-2-4-6-13)25-14-7-9-26(10-8-14)30(27,28)18(19,20)21;/h2-6,12,14H,7-11H2,1H3,(H2,22,23,25);1H. The molecule has 3 rings (SSSR count). The second kappa shape index (κ2) is 10.6.